The molecule has 1 N–H and O–H groups in total. The fourth-order valence-electron chi connectivity index (χ4n) is 2.53. The molecule has 118 valence electrons. The van der Waals surface area contributed by atoms with E-state index in [4.69, 9.17) is 0 Å². The summed E-state index contributed by atoms with van der Waals surface area (Å²) in [5.74, 6) is 0. The number of urea groups is 1. The van der Waals surface area contributed by atoms with Crippen LogP contribution in [0.15, 0.2) is 11.4 Å². The maximum Gasteiger partial charge on any atom is 0.324 e. The maximum absolute atomic E-state index is 12.5. The van der Waals surface area contributed by atoms with Crippen molar-refractivity contribution in [3.05, 3.63) is 26.9 Å². The molecule has 0 radical (unpaired) electrons. The number of rotatable bonds is 1. The van der Waals surface area contributed by atoms with E-state index in [-0.39, 0.29) is 17.5 Å². The second kappa shape index (κ2) is 5.62. The monoisotopic (exact) mass is 336 g/mol. The number of hydrogen-bond acceptors (Lipinski definition) is 5. The van der Waals surface area contributed by atoms with E-state index in [1.165, 1.54) is 21.8 Å². The molecule has 5 nitrogen and oxygen atoms in total. The van der Waals surface area contributed by atoms with Gasteiger partial charge in [-0.15, -0.1) is 21.5 Å². The Morgan fingerprint density at radius 1 is 1.41 bits per heavy atom. The van der Waals surface area contributed by atoms with E-state index < -0.39 is 0 Å². The number of thiophene rings is 1. The first-order chi connectivity index (χ1) is 10.4. The molecule has 3 rings (SSSR count). The summed E-state index contributed by atoms with van der Waals surface area (Å²) < 4.78 is 0. The molecule has 7 heteroatoms. The average Bonchev–Trinajstić information content (AvgIpc) is 3.06. The SMILES string of the molecule is C[C@H]1c2ccsc2CCN1C(=O)Nc1nnc(C(C)(C)C)s1. The molecule has 0 aromatic carbocycles. The molecule has 0 fully saturated rings. The van der Waals surface area contributed by atoms with Crippen molar-refractivity contribution >= 4 is 33.8 Å². The summed E-state index contributed by atoms with van der Waals surface area (Å²) >= 11 is 3.22. The molecule has 3 heterocycles. The zero-order valence-corrected chi connectivity index (χ0v) is 14.8. The van der Waals surface area contributed by atoms with Gasteiger partial charge in [0.25, 0.3) is 0 Å². The smallest absolute Gasteiger partial charge is 0.317 e. The highest BCUT2D eigenvalue weighted by Gasteiger charge is 2.29. The minimum Gasteiger partial charge on any atom is -0.317 e. The lowest BCUT2D eigenvalue weighted by Gasteiger charge is -2.33. The predicted molar refractivity (Wildman–Crippen MR) is 90.8 cm³/mol. The van der Waals surface area contributed by atoms with Crippen LogP contribution in [0.4, 0.5) is 9.93 Å². The molecule has 0 saturated heterocycles. The molecular weight excluding hydrogens is 316 g/mol. The first-order valence-electron chi connectivity index (χ1n) is 7.34. The van der Waals surface area contributed by atoms with Gasteiger partial charge in [0, 0.05) is 16.8 Å². The third kappa shape index (κ3) is 2.87. The van der Waals surface area contributed by atoms with Crippen LogP contribution < -0.4 is 5.32 Å². The number of amides is 2. The van der Waals surface area contributed by atoms with E-state index in [1.807, 2.05) is 4.90 Å². The first-order valence-corrected chi connectivity index (χ1v) is 9.04. The van der Waals surface area contributed by atoms with Crippen LogP contribution >= 0.6 is 22.7 Å². The van der Waals surface area contributed by atoms with Crippen molar-refractivity contribution in [3.63, 3.8) is 0 Å². The fraction of sp³-hybridized carbons (Fsp3) is 0.533. The number of nitrogens with one attached hydrogen (secondary N) is 1. The van der Waals surface area contributed by atoms with Gasteiger partial charge in [0.15, 0.2) is 0 Å². The number of nitrogens with zero attached hydrogens (tertiary/aromatic N) is 3. The lowest BCUT2D eigenvalue weighted by atomic mass is 9.98. The Hall–Kier alpha value is -1.47. The second-order valence-electron chi connectivity index (χ2n) is 6.51. The Morgan fingerprint density at radius 3 is 2.86 bits per heavy atom. The van der Waals surface area contributed by atoms with E-state index in [0.29, 0.717) is 5.13 Å². The summed E-state index contributed by atoms with van der Waals surface area (Å²) in [6.45, 7) is 9.08. The standard InChI is InChI=1S/C15H20N4OS2/c1-9-10-6-8-21-11(10)5-7-19(9)14(20)16-13-18-17-12(22-13)15(2,3)4/h6,8-9H,5,7H2,1-4H3,(H,16,18,20)/t9-/m0/s1. The zero-order chi connectivity index (χ0) is 15.9. The summed E-state index contributed by atoms with van der Waals surface area (Å²) in [7, 11) is 0. The van der Waals surface area contributed by atoms with Crippen molar-refractivity contribution in [3.8, 4) is 0 Å². The Balaban J connectivity index is 1.72. The third-order valence-electron chi connectivity index (χ3n) is 3.82. The lowest BCUT2D eigenvalue weighted by Crippen LogP contribution is -2.40. The van der Waals surface area contributed by atoms with E-state index in [0.717, 1.165) is 18.0 Å². The van der Waals surface area contributed by atoms with Crippen molar-refractivity contribution in [2.24, 2.45) is 0 Å². The molecule has 0 saturated carbocycles. The number of carbonyl (C=O) groups excluding carboxylic acids is 1. The maximum atomic E-state index is 12.5. The van der Waals surface area contributed by atoms with Crippen molar-refractivity contribution in [2.75, 3.05) is 11.9 Å². The number of fused-ring (bicyclic) bond motifs is 1. The second-order valence-corrected chi connectivity index (χ2v) is 8.49. The van der Waals surface area contributed by atoms with Crippen LogP contribution in [0, 0.1) is 0 Å². The molecule has 0 bridgehead atoms. The van der Waals surface area contributed by atoms with Crippen LogP contribution in [0.2, 0.25) is 0 Å². The van der Waals surface area contributed by atoms with E-state index in [2.05, 4.69) is 54.7 Å². The molecule has 2 aromatic rings. The van der Waals surface area contributed by atoms with Gasteiger partial charge in [-0.1, -0.05) is 32.1 Å². The zero-order valence-electron chi connectivity index (χ0n) is 13.2. The number of hydrogen-bond donors (Lipinski definition) is 1. The van der Waals surface area contributed by atoms with Gasteiger partial charge >= 0.3 is 6.03 Å². The van der Waals surface area contributed by atoms with Crippen LogP contribution in [0.3, 0.4) is 0 Å². The van der Waals surface area contributed by atoms with Gasteiger partial charge in [-0.3, -0.25) is 5.32 Å². The number of carbonyl (C=O) groups is 1. The highest BCUT2D eigenvalue weighted by molar-refractivity contribution is 7.15. The van der Waals surface area contributed by atoms with E-state index >= 15 is 0 Å². The Morgan fingerprint density at radius 2 is 2.18 bits per heavy atom. The van der Waals surface area contributed by atoms with Gasteiger partial charge in [-0.25, -0.2) is 4.79 Å². The summed E-state index contributed by atoms with van der Waals surface area (Å²) in [6, 6.07) is 2.12. The number of anilines is 1. The van der Waals surface area contributed by atoms with Gasteiger partial charge in [0.05, 0.1) is 6.04 Å². The largest absolute Gasteiger partial charge is 0.324 e. The Kier molecular flexibility index (Phi) is 3.94. The van der Waals surface area contributed by atoms with Crippen LogP contribution in [0.25, 0.3) is 0 Å². The van der Waals surface area contributed by atoms with Crippen molar-refractivity contribution in [2.45, 2.75) is 45.6 Å². The molecule has 22 heavy (non-hydrogen) atoms. The van der Waals surface area contributed by atoms with Gasteiger partial charge in [0.2, 0.25) is 5.13 Å². The molecule has 2 aromatic heterocycles. The molecule has 1 aliphatic heterocycles. The first kappa shape index (κ1) is 15.4. The van der Waals surface area contributed by atoms with Gasteiger partial charge in [0.1, 0.15) is 5.01 Å². The quantitative estimate of drug-likeness (QED) is 0.855. The highest BCUT2D eigenvalue weighted by Crippen LogP contribution is 2.33. The Labute approximate surface area is 138 Å². The third-order valence-corrected chi connectivity index (χ3v) is 6.08. The van der Waals surface area contributed by atoms with Crippen LogP contribution in [0.5, 0.6) is 0 Å². The predicted octanol–water partition coefficient (Wildman–Crippen LogP) is 4.05. The number of aromatic nitrogens is 2. The molecule has 2 amide bonds. The summed E-state index contributed by atoms with van der Waals surface area (Å²) in [5, 5.41) is 14.7. The van der Waals surface area contributed by atoms with Gasteiger partial charge < -0.3 is 4.90 Å². The van der Waals surface area contributed by atoms with E-state index in [1.54, 1.807) is 11.3 Å². The topological polar surface area (TPSA) is 58.1 Å². The van der Waals surface area contributed by atoms with Crippen molar-refractivity contribution < 1.29 is 4.79 Å². The average molecular weight is 336 g/mol. The molecule has 1 atom stereocenters. The van der Waals surface area contributed by atoms with Crippen molar-refractivity contribution in [1.29, 1.82) is 0 Å². The molecule has 0 spiro atoms. The van der Waals surface area contributed by atoms with Gasteiger partial charge in [-0.2, -0.15) is 0 Å². The van der Waals surface area contributed by atoms with Gasteiger partial charge in [-0.05, 0) is 30.4 Å². The summed E-state index contributed by atoms with van der Waals surface area (Å²) in [6.07, 6.45) is 0.925. The molecule has 0 aliphatic carbocycles. The molecule has 1 aliphatic rings. The minimum atomic E-state index is -0.0963. The summed E-state index contributed by atoms with van der Waals surface area (Å²) in [4.78, 5) is 15.8. The molecule has 0 unspecified atom stereocenters. The normalized spacial score (nSPS) is 18.2. The summed E-state index contributed by atoms with van der Waals surface area (Å²) in [5.41, 5.74) is 1.21. The van der Waals surface area contributed by atoms with E-state index in [9.17, 15) is 4.79 Å². The van der Waals surface area contributed by atoms with Crippen molar-refractivity contribution in [1.82, 2.24) is 15.1 Å². The minimum absolute atomic E-state index is 0.0510. The van der Waals surface area contributed by atoms with Crippen LogP contribution in [-0.4, -0.2) is 27.7 Å². The fourth-order valence-corrected chi connectivity index (χ4v) is 4.28. The Bertz CT molecular complexity index is 686. The lowest BCUT2D eigenvalue weighted by molar-refractivity contribution is 0.189. The van der Waals surface area contributed by atoms with Crippen LogP contribution in [0.1, 0.15) is 49.2 Å². The van der Waals surface area contributed by atoms with Crippen LogP contribution in [-0.2, 0) is 11.8 Å². The molecular formula is C15H20N4OS2. The highest BCUT2D eigenvalue weighted by atomic mass is 32.1.